The van der Waals surface area contributed by atoms with Crippen LogP contribution in [0, 0.1) is 0 Å². The second kappa shape index (κ2) is 3.43. The van der Waals surface area contributed by atoms with Crippen LogP contribution in [-0.2, 0) is 19.0 Å². The van der Waals surface area contributed by atoms with Crippen molar-refractivity contribution in [2.75, 3.05) is 5.73 Å². The average Bonchev–Trinajstić information content (AvgIpc) is 2.16. The Morgan fingerprint density at radius 2 is 1.73 bits per heavy atom. The summed E-state index contributed by atoms with van der Waals surface area (Å²) >= 11 is 0. The minimum absolute atomic E-state index is 0.291. The van der Waals surface area contributed by atoms with Gasteiger partial charge in [-0.05, 0) is 48.9 Å². The second-order valence-electron chi connectivity index (χ2n) is 3.91. The van der Waals surface area contributed by atoms with Crippen molar-refractivity contribution in [3.05, 3.63) is 28.8 Å². The Balaban J connectivity index is 2.50. The SMILES string of the molecule is Nc1cc(C(F)(F)F)cc2c1CCCC2. The van der Waals surface area contributed by atoms with E-state index >= 15 is 0 Å². The molecule has 1 aliphatic carbocycles. The predicted molar refractivity (Wildman–Crippen MR) is 52.5 cm³/mol. The first-order valence-corrected chi connectivity index (χ1v) is 4.97. The molecule has 1 aromatic rings. The average molecular weight is 215 g/mol. The topological polar surface area (TPSA) is 26.0 Å². The molecule has 1 aliphatic rings. The summed E-state index contributed by atoms with van der Waals surface area (Å²) in [6.45, 7) is 0. The molecule has 0 saturated carbocycles. The van der Waals surface area contributed by atoms with Crippen LogP contribution in [-0.4, -0.2) is 0 Å². The van der Waals surface area contributed by atoms with Gasteiger partial charge in [-0.2, -0.15) is 13.2 Å². The van der Waals surface area contributed by atoms with Gasteiger partial charge in [0.1, 0.15) is 0 Å². The first-order valence-electron chi connectivity index (χ1n) is 4.97. The largest absolute Gasteiger partial charge is 0.416 e. The summed E-state index contributed by atoms with van der Waals surface area (Å²) < 4.78 is 37.4. The molecule has 15 heavy (non-hydrogen) atoms. The number of fused-ring (bicyclic) bond motifs is 1. The lowest BCUT2D eigenvalue weighted by atomic mass is 9.89. The summed E-state index contributed by atoms with van der Waals surface area (Å²) in [5.41, 5.74) is 6.99. The van der Waals surface area contributed by atoms with E-state index in [1.807, 2.05) is 0 Å². The van der Waals surface area contributed by atoms with Crippen LogP contribution in [0.5, 0.6) is 0 Å². The molecule has 1 nitrogen and oxygen atoms in total. The van der Waals surface area contributed by atoms with Gasteiger partial charge in [-0.3, -0.25) is 0 Å². The maximum Gasteiger partial charge on any atom is 0.416 e. The van der Waals surface area contributed by atoms with Gasteiger partial charge in [0.25, 0.3) is 0 Å². The number of nitrogen functional groups attached to an aromatic ring is 1. The van der Waals surface area contributed by atoms with Crippen LogP contribution in [0.25, 0.3) is 0 Å². The van der Waals surface area contributed by atoms with Crippen molar-refractivity contribution < 1.29 is 13.2 Å². The molecular weight excluding hydrogens is 203 g/mol. The zero-order valence-corrected chi connectivity index (χ0v) is 8.19. The van der Waals surface area contributed by atoms with Gasteiger partial charge in [-0.25, -0.2) is 0 Å². The number of alkyl halides is 3. The molecule has 0 atom stereocenters. The molecule has 0 radical (unpaired) electrons. The van der Waals surface area contributed by atoms with Gasteiger partial charge in [0, 0.05) is 5.69 Å². The first kappa shape index (κ1) is 10.3. The highest BCUT2D eigenvalue weighted by Gasteiger charge is 2.32. The van der Waals surface area contributed by atoms with E-state index in [9.17, 15) is 13.2 Å². The van der Waals surface area contributed by atoms with Gasteiger partial charge >= 0.3 is 6.18 Å². The molecule has 1 aromatic carbocycles. The quantitative estimate of drug-likeness (QED) is 0.661. The highest BCUT2D eigenvalue weighted by molar-refractivity contribution is 5.55. The van der Waals surface area contributed by atoms with Gasteiger partial charge < -0.3 is 5.73 Å². The van der Waals surface area contributed by atoms with Crippen molar-refractivity contribution >= 4 is 5.69 Å². The Morgan fingerprint density at radius 1 is 1.07 bits per heavy atom. The standard InChI is InChI=1S/C11H12F3N/c12-11(13,14)8-5-7-3-1-2-4-9(7)10(15)6-8/h5-6H,1-4,15H2. The van der Waals surface area contributed by atoms with E-state index in [-0.39, 0.29) is 0 Å². The molecule has 82 valence electrons. The maximum absolute atomic E-state index is 12.5. The molecule has 0 spiro atoms. The van der Waals surface area contributed by atoms with Gasteiger partial charge in [-0.15, -0.1) is 0 Å². The second-order valence-corrected chi connectivity index (χ2v) is 3.91. The number of benzene rings is 1. The van der Waals surface area contributed by atoms with Crippen molar-refractivity contribution in [1.29, 1.82) is 0 Å². The maximum atomic E-state index is 12.5. The lowest BCUT2D eigenvalue weighted by Crippen LogP contribution is -2.12. The minimum atomic E-state index is -4.29. The van der Waals surface area contributed by atoms with Gasteiger partial charge in [0.15, 0.2) is 0 Å². The normalized spacial score (nSPS) is 16.2. The Kier molecular flexibility index (Phi) is 2.37. The zero-order chi connectivity index (χ0) is 11.1. The third-order valence-corrected chi connectivity index (χ3v) is 2.83. The van der Waals surface area contributed by atoms with Crippen molar-refractivity contribution in [3.63, 3.8) is 0 Å². The van der Waals surface area contributed by atoms with E-state index in [0.717, 1.165) is 36.5 Å². The van der Waals surface area contributed by atoms with Crippen molar-refractivity contribution in [2.45, 2.75) is 31.9 Å². The molecule has 2 N–H and O–H groups in total. The van der Waals surface area contributed by atoms with Crippen molar-refractivity contribution in [3.8, 4) is 0 Å². The van der Waals surface area contributed by atoms with Gasteiger partial charge in [0.2, 0.25) is 0 Å². The number of aryl methyl sites for hydroxylation is 1. The fourth-order valence-electron chi connectivity index (χ4n) is 2.07. The molecule has 0 unspecified atom stereocenters. The first-order chi connectivity index (χ1) is 6.98. The number of rotatable bonds is 0. The molecule has 2 rings (SSSR count). The lowest BCUT2D eigenvalue weighted by Gasteiger charge is -2.19. The van der Waals surface area contributed by atoms with E-state index in [4.69, 9.17) is 5.73 Å². The fraction of sp³-hybridized carbons (Fsp3) is 0.455. The Morgan fingerprint density at radius 3 is 2.40 bits per heavy atom. The molecule has 0 aromatic heterocycles. The number of anilines is 1. The van der Waals surface area contributed by atoms with E-state index in [1.165, 1.54) is 6.07 Å². The molecule has 0 heterocycles. The van der Waals surface area contributed by atoms with Crippen molar-refractivity contribution in [2.24, 2.45) is 0 Å². The Labute approximate surface area is 86.1 Å². The van der Waals surface area contributed by atoms with E-state index < -0.39 is 11.7 Å². The zero-order valence-electron chi connectivity index (χ0n) is 8.19. The highest BCUT2D eigenvalue weighted by atomic mass is 19.4. The van der Waals surface area contributed by atoms with E-state index in [2.05, 4.69) is 0 Å². The number of hydrogen-bond acceptors (Lipinski definition) is 1. The molecule has 0 aliphatic heterocycles. The summed E-state index contributed by atoms with van der Waals surface area (Å²) in [6, 6.07) is 2.29. The predicted octanol–water partition coefficient (Wildman–Crippen LogP) is 3.17. The summed E-state index contributed by atoms with van der Waals surface area (Å²) in [4.78, 5) is 0. The minimum Gasteiger partial charge on any atom is -0.398 e. The summed E-state index contributed by atoms with van der Waals surface area (Å²) in [7, 11) is 0. The van der Waals surface area contributed by atoms with E-state index in [1.54, 1.807) is 0 Å². The Hall–Kier alpha value is -1.19. The van der Waals surface area contributed by atoms with Crippen LogP contribution in [0.15, 0.2) is 12.1 Å². The Bertz CT molecular complexity index is 382. The fourth-order valence-corrected chi connectivity index (χ4v) is 2.07. The summed E-state index contributed by atoms with van der Waals surface area (Å²) in [5, 5.41) is 0. The van der Waals surface area contributed by atoms with Crippen molar-refractivity contribution in [1.82, 2.24) is 0 Å². The lowest BCUT2D eigenvalue weighted by molar-refractivity contribution is -0.137. The van der Waals surface area contributed by atoms with Crippen LogP contribution >= 0.6 is 0 Å². The number of halogens is 3. The number of nitrogens with two attached hydrogens (primary N) is 1. The molecule has 0 saturated heterocycles. The van der Waals surface area contributed by atoms with Crippen LogP contribution in [0.4, 0.5) is 18.9 Å². The number of hydrogen-bond donors (Lipinski definition) is 1. The molecule has 0 fully saturated rings. The molecule has 4 heteroatoms. The van der Waals surface area contributed by atoms with Crippen LogP contribution in [0.2, 0.25) is 0 Å². The van der Waals surface area contributed by atoms with E-state index in [0.29, 0.717) is 12.1 Å². The monoisotopic (exact) mass is 215 g/mol. The van der Waals surface area contributed by atoms with Crippen LogP contribution in [0.3, 0.4) is 0 Å². The van der Waals surface area contributed by atoms with Gasteiger partial charge in [-0.1, -0.05) is 0 Å². The third-order valence-electron chi connectivity index (χ3n) is 2.83. The van der Waals surface area contributed by atoms with Crippen LogP contribution < -0.4 is 5.73 Å². The molecule has 0 bridgehead atoms. The smallest absolute Gasteiger partial charge is 0.398 e. The highest BCUT2D eigenvalue weighted by Crippen LogP contribution is 2.35. The molecular formula is C11H12F3N. The summed E-state index contributed by atoms with van der Waals surface area (Å²) in [6.07, 6.45) is -0.806. The summed E-state index contributed by atoms with van der Waals surface area (Å²) in [5.74, 6) is 0. The molecule has 0 amide bonds. The third kappa shape index (κ3) is 1.94. The van der Waals surface area contributed by atoms with Crippen LogP contribution in [0.1, 0.15) is 29.5 Å². The van der Waals surface area contributed by atoms with Gasteiger partial charge in [0.05, 0.1) is 5.56 Å².